The Labute approximate surface area is 159 Å². The van der Waals surface area contributed by atoms with Gasteiger partial charge in [0.25, 0.3) is 10.0 Å². The Morgan fingerprint density at radius 2 is 2.08 bits per heavy atom. The molecule has 5 nitrogen and oxygen atoms in total. The number of hydrogen-bond donors (Lipinski definition) is 1. The third kappa shape index (κ3) is 4.34. The molecule has 2 aromatic rings. The van der Waals surface area contributed by atoms with Gasteiger partial charge in [0.15, 0.2) is 0 Å². The molecule has 3 rings (SSSR count). The van der Waals surface area contributed by atoms with Gasteiger partial charge in [-0.15, -0.1) is 11.3 Å². The maximum absolute atomic E-state index is 12.8. The van der Waals surface area contributed by atoms with E-state index in [9.17, 15) is 13.2 Å². The summed E-state index contributed by atoms with van der Waals surface area (Å²) >= 11 is 1.28. The van der Waals surface area contributed by atoms with Crippen molar-refractivity contribution < 1.29 is 13.2 Å². The van der Waals surface area contributed by atoms with Crippen LogP contribution in [0.15, 0.2) is 40.6 Å². The summed E-state index contributed by atoms with van der Waals surface area (Å²) in [4.78, 5) is 13.5. The molecule has 26 heavy (non-hydrogen) atoms. The molecule has 1 unspecified atom stereocenters. The fourth-order valence-corrected chi connectivity index (χ4v) is 6.17. The number of aryl methyl sites for hydroxylation is 2. The predicted molar refractivity (Wildman–Crippen MR) is 104 cm³/mol. The van der Waals surface area contributed by atoms with Gasteiger partial charge in [-0.3, -0.25) is 4.79 Å². The lowest BCUT2D eigenvalue weighted by Crippen LogP contribution is -2.45. The molecule has 1 amide bonds. The lowest BCUT2D eigenvalue weighted by Gasteiger charge is -2.30. The summed E-state index contributed by atoms with van der Waals surface area (Å²) in [6, 6.07) is 11.5. The van der Waals surface area contributed by atoms with E-state index in [4.69, 9.17) is 0 Å². The number of hydrogen-bond acceptors (Lipinski definition) is 4. The quantitative estimate of drug-likeness (QED) is 0.850. The monoisotopic (exact) mass is 392 g/mol. The van der Waals surface area contributed by atoms with Gasteiger partial charge in [0.1, 0.15) is 4.21 Å². The van der Waals surface area contributed by atoms with Crippen LogP contribution in [0, 0.1) is 19.8 Å². The lowest BCUT2D eigenvalue weighted by molar-refractivity contribution is -0.126. The Morgan fingerprint density at radius 3 is 2.77 bits per heavy atom. The van der Waals surface area contributed by atoms with Crippen LogP contribution in [-0.2, 0) is 21.4 Å². The molecule has 1 aromatic carbocycles. The molecule has 0 radical (unpaired) electrons. The largest absolute Gasteiger partial charge is 0.352 e. The number of rotatable bonds is 5. The van der Waals surface area contributed by atoms with E-state index >= 15 is 0 Å². The summed E-state index contributed by atoms with van der Waals surface area (Å²) in [5.74, 6) is -0.377. The lowest BCUT2D eigenvalue weighted by atomic mass is 9.98. The number of carbonyl (C=O) groups excluding carboxylic acids is 1. The molecule has 1 N–H and O–H groups in total. The van der Waals surface area contributed by atoms with Crippen molar-refractivity contribution in [2.45, 2.75) is 37.4 Å². The van der Waals surface area contributed by atoms with E-state index in [1.807, 2.05) is 44.2 Å². The van der Waals surface area contributed by atoms with Crippen LogP contribution in [0.5, 0.6) is 0 Å². The molecule has 140 valence electrons. The highest BCUT2D eigenvalue weighted by Gasteiger charge is 2.33. The van der Waals surface area contributed by atoms with Crippen molar-refractivity contribution in [1.82, 2.24) is 9.62 Å². The summed E-state index contributed by atoms with van der Waals surface area (Å²) in [6.45, 7) is 5.09. The molecule has 1 aromatic heterocycles. The molecule has 1 aliphatic heterocycles. The number of nitrogens with zero attached hydrogens (tertiary/aromatic N) is 1. The highest BCUT2D eigenvalue weighted by Crippen LogP contribution is 2.28. The first-order valence-electron chi connectivity index (χ1n) is 8.76. The number of benzene rings is 1. The van der Waals surface area contributed by atoms with Crippen LogP contribution in [-0.4, -0.2) is 31.7 Å². The molecule has 0 saturated carbocycles. The highest BCUT2D eigenvalue weighted by molar-refractivity contribution is 7.91. The summed E-state index contributed by atoms with van der Waals surface area (Å²) in [5, 5.41) is 2.95. The zero-order chi connectivity index (χ0) is 18.7. The number of amides is 1. The smallest absolute Gasteiger partial charge is 0.252 e. The molecule has 0 aliphatic carbocycles. The topological polar surface area (TPSA) is 66.5 Å². The van der Waals surface area contributed by atoms with Crippen LogP contribution in [0.2, 0.25) is 0 Å². The zero-order valence-electron chi connectivity index (χ0n) is 15.1. The van der Waals surface area contributed by atoms with Crippen molar-refractivity contribution in [2.24, 2.45) is 5.92 Å². The van der Waals surface area contributed by atoms with Crippen LogP contribution in [0.3, 0.4) is 0 Å². The molecule has 0 bridgehead atoms. The van der Waals surface area contributed by atoms with E-state index < -0.39 is 10.0 Å². The summed E-state index contributed by atoms with van der Waals surface area (Å²) in [7, 11) is -3.51. The van der Waals surface area contributed by atoms with Crippen LogP contribution in [0.25, 0.3) is 0 Å². The van der Waals surface area contributed by atoms with Gasteiger partial charge in [0, 0.05) is 24.5 Å². The van der Waals surface area contributed by atoms with Gasteiger partial charge >= 0.3 is 0 Å². The molecular formula is C19H24N2O3S2. The summed E-state index contributed by atoms with van der Waals surface area (Å²) < 4.78 is 27.4. The summed E-state index contributed by atoms with van der Waals surface area (Å²) in [6.07, 6.45) is 1.42. The zero-order valence-corrected chi connectivity index (χ0v) is 16.7. The van der Waals surface area contributed by atoms with Crippen molar-refractivity contribution in [2.75, 3.05) is 13.1 Å². The van der Waals surface area contributed by atoms with E-state index in [2.05, 4.69) is 5.32 Å². The van der Waals surface area contributed by atoms with Crippen molar-refractivity contribution in [3.63, 3.8) is 0 Å². The second-order valence-electron chi connectivity index (χ2n) is 6.77. The van der Waals surface area contributed by atoms with Gasteiger partial charge in [0.2, 0.25) is 5.91 Å². The fourth-order valence-electron chi connectivity index (χ4n) is 3.21. The predicted octanol–water partition coefficient (Wildman–Crippen LogP) is 3.08. The Balaban J connectivity index is 1.63. The van der Waals surface area contributed by atoms with E-state index in [1.54, 1.807) is 6.07 Å². The maximum Gasteiger partial charge on any atom is 0.252 e. The normalized spacial score (nSPS) is 18.6. The second kappa shape index (κ2) is 7.90. The summed E-state index contributed by atoms with van der Waals surface area (Å²) in [5.41, 5.74) is 2.20. The van der Waals surface area contributed by atoms with Crippen LogP contribution in [0.1, 0.15) is 28.8 Å². The molecule has 1 fully saturated rings. The Hall–Kier alpha value is -1.70. The first-order chi connectivity index (χ1) is 12.4. The second-order valence-corrected chi connectivity index (χ2v) is 10.2. The van der Waals surface area contributed by atoms with Crippen molar-refractivity contribution in [1.29, 1.82) is 0 Å². The highest BCUT2D eigenvalue weighted by atomic mass is 32.2. The number of piperidine rings is 1. The first-order valence-corrected chi connectivity index (χ1v) is 11.0. The van der Waals surface area contributed by atoms with Crippen molar-refractivity contribution in [3.05, 3.63) is 52.4 Å². The molecule has 1 atom stereocenters. The molecule has 1 saturated heterocycles. The van der Waals surface area contributed by atoms with Gasteiger partial charge in [-0.2, -0.15) is 4.31 Å². The van der Waals surface area contributed by atoms with E-state index in [-0.39, 0.29) is 18.4 Å². The van der Waals surface area contributed by atoms with Crippen LogP contribution < -0.4 is 5.32 Å². The Morgan fingerprint density at radius 1 is 1.27 bits per heavy atom. The average molecular weight is 393 g/mol. The van der Waals surface area contributed by atoms with Gasteiger partial charge in [-0.1, -0.05) is 29.8 Å². The third-order valence-electron chi connectivity index (χ3n) is 4.61. The SMILES string of the molecule is Cc1cccc(CNC(=O)C2CCCN(S(=O)(=O)c3ccc(C)s3)C2)c1. The Kier molecular flexibility index (Phi) is 5.79. The minimum absolute atomic E-state index is 0.0752. The maximum atomic E-state index is 12.8. The number of nitrogens with one attached hydrogen (secondary N) is 1. The average Bonchev–Trinajstić information content (AvgIpc) is 3.07. The van der Waals surface area contributed by atoms with Gasteiger partial charge in [-0.25, -0.2) is 8.42 Å². The Bertz CT molecular complexity index is 890. The molecular weight excluding hydrogens is 368 g/mol. The van der Waals surface area contributed by atoms with Crippen molar-refractivity contribution >= 4 is 27.3 Å². The van der Waals surface area contributed by atoms with Crippen LogP contribution >= 0.6 is 11.3 Å². The van der Waals surface area contributed by atoms with Gasteiger partial charge in [0.05, 0.1) is 5.92 Å². The number of carbonyl (C=O) groups is 1. The first kappa shape index (κ1) is 19.1. The standard InChI is InChI=1S/C19H24N2O3S2/c1-14-5-3-6-16(11-14)12-20-19(22)17-7-4-10-21(13-17)26(23,24)18-9-8-15(2)25-18/h3,5-6,8-9,11,17H,4,7,10,12-13H2,1-2H3,(H,20,22). The number of thiophene rings is 1. The third-order valence-corrected chi connectivity index (χ3v) is 7.95. The van der Waals surface area contributed by atoms with Gasteiger partial charge < -0.3 is 5.32 Å². The molecule has 1 aliphatic rings. The molecule has 7 heteroatoms. The van der Waals surface area contributed by atoms with Crippen molar-refractivity contribution in [3.8, 4) is 0 Å². The molecule has 0 spiro atoms. The number of sulfonamides is 1. The van der Waals surface area contributed by atoms with E-state index in [1.165, 1.54) is 15.6 Å². The van der Waals surface area contributed by atoms with E-state index in [0.717, 1.165) is 22.4 Å². The minimum atomic E-state index is -3.51. The molecule has 2 heterocycles. The fraction of sp³-hybridized carbons (Fsp3) is 0.421. The van der Waals surface area contributed by atoms with Crippen LogP contribution in [0.4, 0.5) is 0 Å². The van der Waals surface area contributed by atoms with E-state index in [0.29, 0.717) is 23.7 Å². The minimum Gasteiger partial charge on any atom is -0.352 e. The van der Waals surface area contributed by atoms with Gasteiger partial charge in [-0.05, 0) is 44.4 Å².